The number of amides is 1. The Bertz CT molecular complexity index is 229. The number of nitrogens with zero attached hydrogens (tertiary/aromatic N) is 2. The van der Waals surface area contributed by atoms with Gasteiger partial charge in [0.2, 0.25) is 5.91 Å². The third-order valence-corrected chi connectivity index (χ3v) is 2.88. The molecule has 0 bridgehead atoms. The lowest BCUT2D eigenvalue weighted by molar-refractivity contribution is -0.131. The molecule has 0 fully saturated rings. The summed E-state index contributed by atoms with van der Waals surface area (Å²) in [6.07, 6.45) is 2.42. The summed E-state index contributed by atoms with van der Waals surface area (Å²) < 4.78 is 0. The summed E-state index contributed by atoms with van der Waals surface area (Å²) in [5, 5.41) is 0. The van der Waals surface area contributed by atoms with Crippen molar-refractivity contribution in [2.45, 2.75) is 33.1 Å². The molecule has 0 aliphatic rings. The molecule has 0 rings (SSSR count). The van der Waals surface area contributed by atoms with E-state index in [9.17, 15) is 4.79 Å². The van der Waals surface area contributed by atoms with Crippen molar-refractivity contribution in [3.05, 3.63) is 0 Å². The van der Waals surface area contributed by atoms with Crippen molar-refractivity contribution >= 4 is 17.5 Å². The van der Waals surface area contributed by atoms with Gasteiger partial charge < -0.3 is 9.80 Å². The fourth-order valence-electron chi connectivity index (χ4n) is 2.20. The van der Waals surface area contributed by atoms with Crippen molar-refractivity contribution in [2.24, 2.45) is 5.41 Å². The Morgan fingerprint density at radius 3 is 2.18 bits per heavy atom. The van der Waals surface area contributed by atoms with Crippen molar-refractivity contribution in [3.63, 3.8) is 0 Å². The summed E-state index contributed by atoms with van der Waals surface area (Å²) in [4.78, 5) is 15.9. The SMILES string of the molecule is CN(C)CC(C)(C)CN(C)C(=O)CCCCCl. The van der Waals surface area contributed by atoms with Crippen LogP contribution in [-0.4, -0.2) is 55.8 Å². The van der Waals surface area contributed by atoms with E-state index < -0.39 is 0 Å². The smallest absolute Gasteiger partial charge is 0.222 e. The predicted octanol–water partition coefficient (Wildman–Crippen LogP) is 2.44. The van der Waals surface area contributed by atoms with E-state index in [-0.39, 0.29) is 11.3 Å². The Morgan fingerprint density at radius 1 is 1.12 bits per heavy atom. The lowest BCUT2D eigenvalue weighted by atomic mass is 9.92. The van der Waals surface area contributed by atoms with E-state index in [0.29, 0.717) is 12.3 Å². The minimum atomic E-state index is 0.125. The van der Waals surface area contributed by atoms with Crippen LogP contribution in [-0.2, 0) is 4.79 Å². The minimum absolute atomic E-state index is 0.125. The van der Waals surface area contributed by atoms with Gasteiger partial charge in [0.05, 0.1) is 0 Å². The average molecular weight is 263 g/mol. The Morgan fingerprint density at radius 2 is 1.71 bits per heavy atom. The van der Waals surface area contributed by atoms with Gasteiger partial charge in [-0.15, -0.1) is 11.6 Å². The molecule has 0 radical (unpaired) electrons. The van der Waals surface area contributed by atoms with E-state index in [4.69, 9.17) is 11.6 Å². The molecule has 0 aromatic heterocycles. The maximum Gasteiger partial charge on any atom is 0.222 e. The van der Waals surface area contributed by atoms with Crippen LogP contribution < -0.4 is 0 Å². The second-order valence-electron chi connectivity index (χ2n) is 5.80. The number of rotatable bonds is 8. The molecule has 102 valence electrons. The van der Waals surface area contributed by atoms with Crippen LogP contribution in [0.15, 0.2) is 0 Å². The summed E-state index contributed by atoms with van der Waals surface area (Å²) in [7, 11) is 6.01. The van der Waals surface area contributed by atoms with Gasteiger partial charge in [0.15, 0.2) is 0 Å². The number of halogens is 1. The third kappa shape index (κ3) is 8.44. The fraction of sp³-hybridized carbons (Fsp3) is 0.923. The molecule has 0 N–H and O–H groups in total. The van der Waals surface area contributed by atoms with Gasteiger partial charge in [0.1, 0.15) is 0 Å². The summed E-state index contributed by atoms with van der Waals surface area (Å²) in [6, 6.07) is 0. The molecular weight excluding hydrogens is 236 g/mol. The number of carbonyl (C=O) groups excluding carboxylic acids is 1. The monoisotopic (exact) mass is 262 g/mol. The molecule has 0 aliphatic carbocycles. The predicted molar refractivity (Wildman–Crippen MR) is 74.5 cm³/mol. The highest BCUT2D eigenvalue weighted by atomic mass is 35.5. The van der Waals surface area contributed by atoms with Gasteiger partial charge in [-0.05, 0) is 32.4 Å². The maximum absolute atomic E-state index is 11.9. The summed E-state index contributed by atoms with van der Waals surface area (Å²) in [5.41, 5.74) is 0.125. The first-order valence-corrected chi connectivity index (χ1v) is 6.76. The molecule has 0 spiro atoms. The van der Waals surface area contributed by atoms with Gasteiger partial charge in [-0.1, -0.05) is 13.8 Å². The summed E-state index contributed by atoms with van der Waals surface area (Å²) in [5.74, 6) is 0.866. The topological polar surface area (TPSA) is 23.6 Å². The normalized spacial score (nSPS) is 11.9. The first-order valence-electron chi connectivity index (χ1n) is 6.23. The van der Waals surface area contributed by atoms with Crippen LogP contribution >= 0.6 is 11.6 Å². The van der Waals surface area contributed by atoms with E-state index in [1.807, 2.05) is 11.9 Å². The lowest BCUT2D eigenvalue weighted by Gasteiger charge is -2.32. The number of carbonyl (C=O) groups is 1. The molecular formula is C13H27ClN2O. The molecule has 1 amide bonds. The van der Waals surface area contributed by atoms with Crippen molar-refractivity contribution < 1.29 is 4.79 Å². The van der Waals surface area contributed by atoms with Crippen LogP contribution in [0.1, 0.15) is 33.1 Å². The van der Waals surface area contributed by atoms with E-state index >= 15 is 0 Å². The highest BCUT2D eigenvalue weighted by Crippen LogP contribution is 2.17. The lowest BCUT2D eigenvalue weighted by Crippen LogP contribution is -2.41. The number of alkyl halides is 1. The molecule has 3 nitrogen and oxygen atoms in total. The largest absolute Gasteiger partial charge is 0.345 e. The molecule has 0 aromatic carbocycles. The van der Waals surface area contributed by atoms with Crippen LogP contribution in [0.25, 0.3) is 0 Å². The third-order valence-electron chi connectivity index (χ3n) is 2.61. The maximum atomic E-state index is 11.9. The fourth-order valence-corrected chi connectivity index (χ4v) is 2.39. The zero-order valence-corrected chi connectivity index (χ0v) is 12.7. The van der Waals surface area contributed by atoms with Crippen molar-refractivity contribution in [3.8, 4) is 0 Å². The first-order chi connectivity index (χ1) is 7.78. The van der Waals surface area contributed by atoms with Gasteiger partial charge in [-0.25, -0.2) is 0 Å². The number of hydrogen-bond donors (Lipinski definition) is 0. The van der Waals surface area contributed by atoms with E-state index in [1.54, 1.807) is 0 Å². The number of hydrogen-bond acceptors (Lipinski definition) is 2. The van der Waals surface area contributed by atoms with Crippen molar-refractivity contribution in [1.82, 2.24) is 9.80 Å². The van der Waals surface area contributed by atoms with E-state index in [1.165, 1.54) is 0 Å². The first kappa shape index (κ1) is 16.7. The minimum Gasteiger partial charge on any atom is -0.345 e. The molecule has 4 heteroatoms. The van der Waals surface area contributed by atoms with Crippen molar-refractivity contribution in [1.29, 1.82) is 0 Å². The van der Waals surface area contributed by atoms with Gasteiger partial charge in [-0.2, -0.15) is 0 Å². The molecule has 0 atom stereocenters. The average Bonchev–Trinajstić information content (AvgIpc) is 2.14. The van der Waals surface area contributed by atoms with Crippen molar-refractivity contribution in [2.75, 3.05) is 40.1 Å². The van der Waals surface area contributed by atoms with Gasteiger partial charge in [0, 0.05) is 32.4 Å². The molecule has 0 saturated heterocycles. The van der Waals surface area contributed by atoms with Crippen LogP contribution in [0.2, 0.25) is 0 Å². The van der Waals surface area contributed by atoms with Gasteiger partial charge in [-0.3, -0.25) is 4.79 Å². The summed E-state index contributed by atoms with van der Waals surface area (Å²) >= 11 is 5.60. The molecule has 0 aliphatic heterocycles. The van der Waals surface area contributed by atoms with Crippen LogP contribution in [0.4, 0.5) is 0 Å². The Hall–Kier alpha value is -0.280. The molecule has 0 unspecified atom stereocenters. The van der Waals surface area contributed by atoms with Gasteiger partial charge in [0.25, 0.3) is 0 Å². The van der Waals surface area contributed by atoms with E-state index in [0.717, 1.165) is 25.9 Å². The standard InChI is InChI=1S/C13H27ClN2O/c1-13(2,10-15(3)4)11-16(5)12(17)8-6-7-9-14/h6-11H2,1-5H3. The Kier molecular flexibility index (Phi) is 7.80. The van der Waals surface area contributed by atoms with Crippen LogP contribution in [0.3, 0.4) is 0 Å². The van der Waals surface area contributed by atoms with Gasteiger partial charge >= 0.3 is 0 Å². The zero-order valence-electron chi connectivity index (χ0n) is 11.9. The Labute approximate surface area is 111 Å². The molecule has 0 aromatic rings. The van der Waals surface area contributed by atoms with Crippen LogP contribution in [0, 0.1) is 5.41 Å². The molecule has 0 saturated carbocycles. The highest BCUT2D eigenvalue weighted by Gasteiger charge is 2.23. The highest BCUT2D eigenvalue weighted by molar-refractivity contribution is 6.17. The molecule has 17 heavy (non-hydrogen) atoms. The second-order valence-corrected chi connectivity index (χ2v) is 6.18. The zero-order chi connectivity index (χ0) is 13.5. The quantitative estimate of drug-likeness (QED) is 0.496. The van der Waals surface area contributed by atoms with E-state index in [2.05, 4.69) is 32.8 Å². The van der Waals surface area contributed by atoms with Crippen LogP contribution in [0.5, 0.6) is 0 Å². The number of unbranched alkanes of at least 4 members (excludes halogenated alkanes) is 1. The second kappa shape index (κ2) is 7.93. The summed E-state index contributed by atoms with van der Waals surface area (Å²) in [6.45, 7) is 6.16. The Balaban J connectivity index is 4.05. The molecule has 0 heterocycles.